The van der Waals surface area contributed by atoms with Crippen LogP contribution in [0.5, 0.6) is 11.5 Å². The van der Waals surface area contributed by atoms with Crippen LogP contribution in [-0.2, 0) is 0 Å². The zero-order valence-corrected chi connectivity index (χ0v) is 16.8. The normalized spacial score (nSPS) is 10.6. The summed E-state index contributed by atoms with van der Waals surface area (Å²) in [5.74, 6) is 1.41. The maximum absolute atomic E-state index is 12.1. The van der Waals surface area contributed by atoms with Crippen molar-refractivity contribution in [1.29, 1.82) is 0 Å². The Morgan fingerprint density at radius 2 is 1.62 bits per heavy atom. The van der Waals surface area contributed by atoms with Crippen LogP contribution in [0.3, 0.4) is 0 Å². The number of anilines is 2. The van der Waals surface area contributed by atoms with Gasteiger partial charge in [0.25, 0.3) is 5.91 Å². The van der Waals surface area contributed by atoms with Gasteiger partial charge in [-0.25, -0.2) is 4.98 Å². The number of aromatic nitrogens is 1. The number of rotatable bonds is 9. The summed E-state index contributed by atoms with van der Waals surface area (Å²) in [5.41, 5.74) is 2.13. The van der Waals surface area contributed by atoms with Gasteiger partial charge in [0, 0.05) is 12.2 Å². The molecule has 6 nitrogen and oxygen atoms in total. The number of hydrogen-bond donors (Lipinski definition) is 2. The number of ether oxygens (including phenoxy) is 1. The van der Waals surface area contributed by atoms with E-state index in [1.54, 1.807) is 12.3 Å². The van der Waals surface area contributed by atoms with Gasteiger partial charge in [-0.1, -0.05) is 18.2 Å². The second-order valence-corrected chi connectivity index (χ2v) is 6.91. The van der Waals surface area contributed by atoms with E-state index in [-0.39, 0.29) is 5.91 Å². The summed E-state index contributed by atoms with van der Waals surface area (Å²) in [6.07, 6.45) is 2.56. The van der Waals surface area contributed by atoms with Crippen molar-refractivity contribution in [3.63, 3.8) is 0 Å². The molecule has 0 bridgehead atoms. The molecule has 0 fully saturated rings. The Morgan fingerprint density at radius 3 is 2.28 bits per heavy atom. The van der Waals surface area contributed by atoms with Crippen LogP contribution in [0.15, 0.2) is 72.9 Å². The molecule has 0 radical (unpaired) electrons. The fraction of sp³-hybridized carbons (Fsp3) is 0.217. The lowest BCUT2D eigenvalue weighted by Crippen LogP contribution is -2.27. The van der Waals surface area contributed by atoms with E-state index < -0.39 is 0 Å². The van der Waals surface area contributed by atoms with Crippen LogP contribution >= 0.6 is 0 Å². The highest BCUT2D eigenvalue weighted by atomic mass is 16.5. The van der Waals surface area contributed by atoms with Gasteiger partial charge in [0.2, 0.25) is 0 Å². The zero-order valence-electron chi connectivity index (χ0n) is 16.8. The second-order valence-electron chi connectivity index (χ2n) is 6.91. The number of carbonyl (C=O) groups is 1. The summed E-state index contributed by atoms with van der Waals surface area (Å²) in [6.45, 7) is 1.57. The van der Waals surface area contributed by atoms with E-state index in [1.165, 1.54) is 0 Å². The molecule has 2 aromatic carbocycles. The molecule has 0 unspecified atom stereocenters. The van der Waals surface area contributed by atoms with E-state index in [0.29, 0.717) is 12.2 Å². The average Bonchev–Trinajstić information content (AvgIpc) is 2.74. The molecule has 1 heterocycles. The number of benzene rings is 2. The molecular formula is C23H26N4O2. The van der Waals surface area contributed by atoms with Gasteiger partial charge in [-0.3, -0.25) is 4.79 Å². The summed E-state index contributed by atoms with van der Waals surface area (Å²) in [7, 11) is 4.03. The highest BCUT2D eigenvalue weighted by molar-refractivity contribution is 5.92. The smallest absolute Gasteiger partial charge is 0.269 e. The zero-order chi connectivity index (χ0) is 20.5. The van der Waals surface area contributed by atoms with Crippen molar-refractivity contribution < 1.29 is 9.53 Å². The van der Waals surface area contributed by atoms with Crippen LogP contribution in [0.4, 0.5) is 11.4 Å². The molecule has 0 saturated heterocycles. The molecule has 0 aliphatic rings. The first kappa shape index (κ1) is 20.4. The van der Waals surface area contributed by atoms with E-state index in [1.807, 2.05) is 74.8 Å². The van der Waals surface area contributed by atoms with E-state index in [2.05, 4.69) is 20.5 Å². The summed E-state index contributed by atoms with van der Waals surface area (Å²) in [5, 5.41) is 6.16. The van der Waals surface area contributed by atoms with Crippen LogP contribution < -0.4 is 15.4 Å². The first-order chi connectivity index (χ1) is 14.1. The summed E-state index contributed by atoms with van der Waals surface area (Å²) >= 11 is 0. The Bertz CT molecular complexity index is 894. The fourth-order valence-corrected chi connectivity index (χ4v) is 2.69. The lowest BCUT2D eigenvalue weighted by Gasteiger charge is -2.10. The molecule has 0 atom stereocenters. The van der Waals surface area contributed by atoms with Crippen molar-refractivity contribution in [3.05, 3.63) is 78.6 Å². The van der Waals surface area contributed by atoms with Gasteiger partial charge in [0.05, 0.1) is 11.9 Å². The molecule has 29 heavy (non-hydrogen) atoms. The number of para-hydroxylation sites is 1. The molecule has 0 saturated carbocycles. The van der Waals surface area contributed by atoms with Gasteiger partial charge in [0.15, 0.2) is 0 Å². The van der Waals surface area contributed by atoms with Crippen molar-refractivity contribution in [2.75, 3.05) is 32.5 Å². The van der Waals surface area contributed by atoms with E-state index in [9.17, 15) is 4.79 Å². The summed E-state index contributed by atoms with van der Waals surface area (Å²) < 4.78 is 5.79. The van der Waals surface area contributed by atoms with Crippen LogP contribution in [0.1, 0.15) is 16.9 Å². The predicted molar refractivity (Wildman–Crippen MR) is 116 cm³/mol. The summed E-state index contributed by atoms with van der Waals surface area (Å²) in [6, 6.07) is 20.9. The number of carbonyl (C=O) groups excluding carboxylic acids is 1. The minimum absolute atomic E-state index is 0.155. The Hall–Kier alpha value is -3.38. The maximum Gasteiger partial charge on any atom is 0.269 e. The summed E-state index contributed by atoms with van der Waals surface area (Å²) in [4.78, 5) is 18.5. The topological polar surface area (TPSA) is 66.5 Å². The van der Waals surface area contributed by atoms with Crippen molar-refractivity contribution >= 4 is 17.3 Å². The van der Waals surface area contributed by atoms with Gasteiger partial charge < -0.3 is 20.3 Å². The molecular weight excluding hydrogens is 364 g/mol. The highest BCUT2D eigenvalue weighted by Crippen LogP contribution is 2.24. The fourth-order valence-electron chi connectivity index (χ4n) is 2.69. The molecule has 0 aliphatic heterocycles. The lowest BCUT2D eigenvalue weighted by atomic mass is 10.2. The maximum atomic E-state index is 12.1. The predicted octanol–water partition coefficient (Wildman–Crippen LogP) is 4.30. The lowest BCUT2D eigenvalue weighted by molar-refractivity contribution is 0.0947. The third kappa shape index (κ3) is 6.62. The first-order valence-corrected chi connectivity index (χ1v) is 9.59. The minimum Gasteiger partial charge on any atom is -0.457 e. The molecule has 6 heteroatoms. The quantitative estimate of drug-likeness (QED) is 0.533. The van der Waals surface area contributed by atoms with Crippen LogP contribution in [0.25, 0.3) is 0 Å². The molecule has 1 amide bonds. The van der Waals surface area contributed by atoms with Crippen LogP contribution in [-0.4, -0.2) is 43.0 Å². The molecule has 3 rings (SSSR count). The Labute approximate surface area is 171 Å². The third-order valence-electron chi connectivity index (χ3n) is 4.19. The largest absolute Gasteiger partial charge is 0.457 e. The third-order valence-corrected chi connectivity index (χ3v) is 4.19. The average molecular weight is 390 g/mol. The van der Waals surface area contributed by atoms with E-state index >= 15 is 0 Å². The van der Waals surface area contributed by atoms with Crippen molar-refractivity contribution in [2.45, 2.75) is 6.42 Å². The number of nitrogens with one attached hydrogen (secondary N) is 2. The number of pyridine rings is 1. The van der Waals surface area contributed by atoms with Crippen LogP contribution in [0, 0.1) is 0 Å². The van der Waals surface area contributed by atoms with Gasteiger partial charge in [-0.2, -0.15) is 0 Å². The standard InChI is InChI=1S/C23H26N4O2/c1-27(2)16-6-15-24-23(28)22-14-11-19(17-25-22)26-18-9-12-21(13-10-18)29-20-7-4-3-5-8-20/h3-5,7-14,17,26H,6,15-16H2,1-2H3,(H,24,28). The van der Waals surface area contributed by atoms with Crippen molar-refractivity contribution in [3.8, 4) is 11.5 Å². The van der Waals surface area contributed by atoms with Crippen molar-refractivity contribution in [2.24, 2.45) is 0 Å². The van der Waals surface area contributed by atoms with E-state index in [0.717, 1.165) is 35.8 Å². The Kier molecular flexibility index (Phi) is 7.19. The van der Waals surface area contributed by atoms with E-state index in [4.69, 9.17) is 4.74 Å². The van der Waals surface area contributed by atoms with Gasteiger partial charge in [0.1, 0.15) is 17.2 Å². The molecule has 1 aromatic heterocycles. The van der Waals surface area contributed by atoms with Gasteiger partial charge in [-0.05, 0) is 75.6 Å². The monoisotopic (exact) mass is 390 g/mol. The molecule has 150 valence electrons. The second kappa shape index (κ2) is 10.2. The molecule has 2 N–H and O–H groups in total. The van der Waals surface area contributed by atoms with Crippen LogP contribution in [0.2, 0.25) is 0 Å². The van der Waals surface area contributed by atoms with Gasteiger partial charge in [-0.15, -0.1) is 0 Å². The Morgan fingerprint density at radius 1 is 0.931 bits per heavy atom. The number of nitrogens with zero attached hydrogens (tertiary/aromatic N) is 2. The molecule has 0 spiro atoms. The SMILES string of the molecule is CN(C)CCCNC(=O)c1ccc(Nc2ccc(Oc3ccccc3)cc2)cn1. The molecule has 0 aliphatic carbocycles. The van der Waals surface area contributed by atoms with Gasteiger partial charge >= 0.3 is 0 Å². The molecule has 3 aromatic rings. The minimum atomic E-state index is -0.155. The first-order valence-electron chi connectivity index (χ1n) is 9.59. The van der Waals surface area contributed by atoms with Crippen molar-refractivity contribution in [1.82, 2.24) is 15.2 Å². The number of hydrogen-bond acceptors (Lipinski definition) is 5. The number of amides is 1. The Balaban J connectivity index is 1.51. The highest BCUT2D eigenvalue weighted by Gasteiger charge is 2.07.